The summed E-state index contributed by atoms with van der Waals surface area (Å²) in [6.07, 6.45) is 1.99. The van der Waals surface area contributed by atoms with Crippen molar-refractivity contribution in [3.63, 3.8) is 0 Å². The largest absolute Gasteiger partial charge is 0.312 e. The highest BCUT2D eigenvalue weighted by molar-refractivity contribution is 6.31. The second-order valence-corrected chi connectivity index (χ2v) is 7.20. The lowest BCUT2D eigenvalue weighted by Gasteiger charge is -2.16. The smallest absolute Gasteiger partial charge is 0.231 e. The van der Waals surface area contributed by atoms with Crippen molar-refractivity contribution < 1.29 is 9.59 Å². The summed E-state index contributed by atoms with van der Waals surface area (Å²) in [7, 11) is 0. The standard InChI is InChI=1S/C21H19ClN4O2/c22-17-7-4-8-18(12-17)26-14-16(11-20(26)27)21(28)23-19-9-10-25(24-19)13-15-5-2-1-3-6-15/h1-10,12,16H,11,13-14H2,(H,23,24,28). The Bertz CT molecular complexity index is 1000. The SMILES string of the molecule is O=C(Nc1ccn(Cc2ccccc2)n1)C1CC(=O)N(c2cccc(Cl)c2)C1. The zero-order valence-electron chi connectivity index (χ0n) is 15.1. The molecular weight excluding hydrogens is 376 g/mol. The highest BCUT2D eigenvalue weighted by Gasteiger charge is 2.35. The maximum absolute atomic E-state index is 12.6. The van der Waals surface area contributed by atoms with E-state index in [1.165, 1.54) is 0 Å². The molecule has 28 heavy (non-hydrogen) atoms. The van der Waals surface area contributed by atoms with Crippen molar-refractivity contribution in [3.8, 4) is 0 Å². The number of hydrogen-bond acceptors (Lipinski definition) is 3. The molecule has 2 amide bonds. The van der Waals surface area contributed by atoms with E-state index in [0.717, 1.165) is 5.56 Å². The van der Waals surface area contributed by atoms with E-state index in [9.17, 15) is 9.59 Å². The molecule has 1 fully saturated rings. The number of anilines is 2. The van der Waals surface area contributed by atoms with Gasteiger partial charge in [0.25, 0.3) is 0 Å². The Hall–Kier alpha value is -3.12. The van der Waals surface area contributed by atoms with E-state index in [-0.39, 0.29) is 18.2 Å². The quantitative estimate of drug-likeness (QED) is 0.719. The number of amides is 2. The van der Waals surface area contributed by atoms with Crippen LogP contribution in [-0.4, -0.2) is 28.1 Å². The molecule has 3 aromatic rings. The summed E-state index contributed by atoms with van der Waals surface area (Å²) < 4.78 is 1.77. The Morgan fingerprint density at radius 2 is 1.96 bits per heavy atom. The number of carbonyl (C=O) groups excluding carboxylic acids is 2. The maximum atomic E-state index is 12.6. The van der Waals surface area contributed by atoms with Crippen LogP contribution in [0.3, 0.4) is 0 Å². The van der Waals surface area contributed by atoms with E-state index < -0.39 is 5.92 Å². The van der Waals surface area contributed by atoms with Gasteiger partial charge in [-0.3, -0.25) is 14.3 Å². The number of benzene rings is 2. The van der Waals surface area contributed by atoms with Crippen molar-refractivity contribution in [3.05, 3.63) is 77.4 Å². The molecule has 0 saturated carbocycles. The number of rotatable bonds is 5. The normalized spacial score (nSPS) is 16.4. The fourth-order valence-corrected chi connectivity index (χ4v) is 3.48. The Kier molecular flexibility index (Phi) is 5.12. The Balaban J connectivity index is 1.38. The van der Waals surface area contributed by atoms with E-state index in [0.29, 0.717) is 29.6 Å². The van der Waals surface area contributed by atoms with E-state index in [4.69, 9.17) is 11.6 Å². The fraction of sp³-hybridized carbons (Fsp3) is 0.190. The molecule has 0 bridgehead atoms. The third-order valence-corrected chi connectivity index (χ3v) is 4.93. The topological polar surface area (TPSA) is 67.2 Å². The molecular formula is C21H19ClN4O2. The van der Waals surface area contributed by atoms with Gasteiger partial charge < -0.3 is 10.2 Å². The van der Waals surface area contributed by atoms with Crippen LogP contribution in [0.1, 0.15) is 12.0 Å². The molecule has 7 heteroatoms. The Labute approximate surface area is 167 Å². The van der Waals surface area contributed by atoms with Gasteiger partial charge in [-0.2, -0.15) is 5.10 Å². The van der Waals surface area contributed by atoms with Gasteiger partial charge in [0.2, 0.25) is 11.8 Å². The zero-order valence-corrected chi connectivity index (χ0v) is 15.8. The maximum Gasteiger partial charge on any atom is 0.231 e. The first-order chi connectivity index (χ1) is 13.6. The van der Waals surface area contributed by atoms with Crippen LogP contribution in [0.25, 0.3) is 0 Å². The Morgan fingerprint density at radius 1 is 1.14 bits per heavy atom. The fourth-order valence-electron chi connectivity index (χ4n) is 3.29. The number of carbonyl (C=O) groups is 2. The van der Waals surface area contributed by atoms with Crippen molar-refractivity contribution in [2.45, 2.75) is 13.0 Å². The highest BCUT2D eigenvalue weighted by atomic mass is 35.5. The number of hydrogen-bond donors (Lipinski definition) is 1. The van der Waals surface area contributed by atoms with E-state index in [2.05, 4.69) is 10.4 Å². The third kappa shape index (κ3) is 4.07. The first-order valence-corrected chi connectivity index (χ1v) is 9.40. The molecule has 142 valence electrons. The van der Waals surface area contributed by atoms with Crippen molar-refractivity contribution in [1.29, 1.82) is 0 Å². The average Bonchev–Trinajstić information content (AvgIpc) is 3.29. The summed E-state index contributed by atoms with van der Waals surface area (Å²) in [4.78, 5) is 26.6. The summed E-state index contributed by atoms with van der Waals surface area (Å²) in [5, 5.41) is 7.77. The van der Waals surface area contributed by atoms with E-state index in [1.54, 1.807) is 33.8 Å². The molecule has 6 nitrogen and oxygen atoms in total. The van der Waals surface area contributed by atoms with Gasteiger partial charge in [-0.1, -0.05) is 48.0 Å². The van der Waals surface area contributed by atoms with Crippen molar-refractivity contribution in [1.82, 2.24) is 9.78 Å². The minimum Gasteiger partial charge on any atom is -0.312 e. The van der Waals surface area contributed by atoms with Crippen molar-refractivity contribution >= 4 is 34.9 Å². The van der Waals surface area contributed by atoms with Crippen LogP contribution in [-0.2, 0) is 16.1 Å². The van der Waals surface area contributed by atoms with E-state index >= 15 is 0 Å². The number of aromatic nitrogens is 2. The number of halogens is 1. The van der Waals surface area contributed by atoms with Crippen LogP contribution in [0.4, 0.5) is 11.5 Å². The molecule has 0 radical (unpaired) electrons. The predicted octanol–water partition coefficient (Wildman–Crippen LogP) is 3.58. The highest BCUT2D eigenvalue weighted by Crippen LogP contribution is 2.27. The lowest BCUT2D eigenvalue weighted by Crippen LogP contribution is -2.28. The summed E-state index contributed by atoms with van der Waals surface area (Å²) in [5.41, 5.74) is 1.84. The van der Waals surface area contributed by atoms with Gasteiger partial charge in [-0.15, -0.1) is 0 Å². The minimum absolute atomic E-state index is 0.0861. The van der Waals surface area contributed by atoms with Gasteiger partial charge in [0, 0.05) is 35.9 Å². The molecule has 1 unspecified atom stereocenters. The summed E-state index contributed by atoms with van der Waals surface area (Å²) in [5.74, 6) is -0.236. The minimum atomic E-state index is -0.425. The molecule has 1 aromatic heterocycles. The summed E-state index contributed by atoms with van der Waals surface area (Å²) in [6, 6.07) is 18.8. The van der Waals surface area contributed by atoms with Gasteiger partial charge >= 0.3 is 0 Å². The van der Waals surface area contributed by atoms with Gasteiger partial charge in [0.05, 0.1) is 12.5 Å². The van der Waals surface area contributed by atoms with Crippen LogP contribution >= 0.6 is 11.6 Å². The molecule has 2 heterocycles. The van der Waals surface area contributed by atoms with Crippen LogP contribution in [0.5, 0.6) is 0 Å². The van der Waals surface area contributed by atoms with Crippen molar-refractivity contribution in [2.24, 2.45) is 5.92 Å². The Morgan fingerprint density at radius 3 is 2.75 bits per heavy atom. The van der Waals surface area contributed by atoms with Crippen LogP contribution in [0, 0.1) is 5.92 Å². The molecule has 1 N–H and O–H groups in total. The van der Waals surface area contributed by atoms with Crippen LogP contribution in [0.2, 0.25) is 5.02 Å². The van der Waals surface area contributed by atoms with Gasteiger partial charge in [0.15, 0.2) is 5.82 Å². The molecule has 1 atom stereocenters. The molecule has 2 aromatic carbocycles. The third-order valence-electron chi connectivity index (χ3n) is 4.70. The van der Waals surface area contributed by atoms with Crippen molar-refractivity contribution in [2.75, 3.05) is 16.8 Å². The molecule has 4 rings (SSSR count). The number of nitrogens with zero attached hydrogens (tertiary/aromatic N) is 3. The zero-order chi connectivity index (χ0) is 19.5. The summed E-state index contributed by atoms with van der Waals surface area (Å²) >= 11 is 6.01. The molecule has 1 saturated heterocycles. The molecule has 1 aliphatic rings. The van der Waals surface area contributed by atoms with Gasteiger partial charge in [-0.25, -0.2) is 0 Å². The van der Waals surface area contributed by atoms with Crippen LogP contribution < -0.4 is 10.2 Å². The second-order valence-electron chi connectivity index (χ2n) is 6.76. The molecule has 1 aliphatic heterocycles. The first kappa shape index (κ1) is 18.3. The average molecular weight is 395 g/mol. The lowest BCUT2D eigenvalue weighted by atomic mass is 10.1. The monoisotopic (exact) mass is 394 g/mol. The van der Waals surface area contributed by atoms with E-state index in [1.807, 2.05) is 42.6 Å². The lowest BCUT2D eigenvalue weighted by molar-refractivity contribution is -0.122. The first-order valence-electron chi connectivity index (χ1n) is 9.03. The second kappa shape index (κ2) is 7.86. The summed E-state index contributed by atoms with van der Waals surface area (Å²) in [6.45, 7) is 0.955. The van der Waals surface area contributed by atoms with Gasteiger partial charge in [-0.05, 0) is 23.8 Å². The predicted molar refractivity (Wildman–Crippen MR) is 108 cm³/mol. The molecule has 0 aliphatic carbocycles. The van der Waals surface area contributed by atoms with Gasteiger partial charge in [0.1, 0.15) is 0 Å². The van der Waals surface area contributed by atoms with Crippen LogP contribution in [0.15, 0.2) is 66.9 Å². The number of nitrogens with one attached hydrogen (secondary N) is 1. The molecule has 0 spiro atoms.